The van der Waals surface area contributed by atoms with Crippen molar-refractivity contribution in [3.05, 3.63) is 71.1 Å². The lowest BCUT2D eigenvalue weighted by molar-refractivity contribution is 0.0943. The first-order chi connectivity index (χ1) is 14.0. The number of thiophene rings is 1. The number of nitrogens with zero attached hydrogens (tertiary/aromatic N) is 1. The second kappa shape index (κ2) is 9.58. The zero-order valence-electron chi connectivity index (χ0n) is 17.1. The second-order valence-corrected chi connectivity index (χ2v) is 7.89. The van der Waals surface area contributed by atoms with Crippen molar-refractivity contribution in [2.24, 2.45) is 0 Å². The fourth-order valence-electron chi connectivity index (χ4n) is 3.12. The molecule has 1 heterocycles. The largest absolute Gasteiger partial charge is 0.497 e. The van der Waals surface area contributed by atoms with E-state index in [4.69, 9.17) is 9.47 Å². The number of carbonyl (C=O) groups excluding carboxylic acids is 1. The Balaban J connectivity index is 1.75. The summed E-state index contributed by atoms with van der Waals surface area (Å²) in [5, 5.41) is 3.07. The van der Waals surface area contributed by atoms with Crippen LogP contribution in [0.4, 0.5) is 0 Å². The van der Waals surface area contributed by atoms with Crippen LogP contribution in [-0.4, -0.2) is 45.7 Å². The normalized spacial score (nSPS) is 11.9. The van der Waals surface area contributed by atoms with Crippen LogP contribution in [0.1, 0.15) is 21.3 Å². The van der Waals surface area contributed by atoms with Gasteiger partial charge in [-0.1, -0.05) is 42.5 Å². The molecule has 0 bridgehead atoms. The number of benzene rings is 2. The summed E-state index contributed by atoms with van der Waals surface area (Å²) in [6, 6.07) is 19.9. The van der Waals surface area contributed by atoms with Crippen molar-refractivity contribution in [2.45, 2.75) is 6.04 Å². The van der Waals surface area contributed by atoms with Crippen molar-refractivity contribution in [3.63, 3.8) is 0 Å². The van der Waals surface area contributed by atoms with E-state index < -0.39 is 0 Å². The number of methoxy groups -OCH3 is 2. The maximum absolute atomic E-state index is 12.9. The van der Waals surface area contributed by atoms with Gasteiger partial charge in [-0.05, 0) is 43.4 Å². The summed E-state index contributed by atoms with van der Waals surface area (Å²) >= 11 is 1.44. The lowest BCUT2D eigenvalue weighted by atomic mass is 10.1. The van der Waals surface area contributed by atoms with Gasteiger partial charge in [-0.25, -0.2) is 0 Å². The standard InChI is InChI=1S/C23H26N2O3S/c1-25(2)19(16-10-12-18(27-3)13-11-16)15-24-23(26)22-20(28-4)14-21(29-22)17-8-6-5-7-9-17/h5-14,19H,15H2,1-4H3,(H,24,26). The highest BCUT2D eigenvalue weighted by atomic mass is 32.1. The summed E-state index contributed by atoms with van der Waals surface area (Å²) in [7, 11) is 7.24. The molecule has 0 saturated heterocycles. The quantitative estimate of drug-likeness (QED) is 0.596. The van der Waals surface area contributed by atoms with Gasteiger partial charge in [0, 0.05) is 11.4 Å². The molecule has 1 unspecified atom stereocenters. The Morgan fingerprint density at radius 1 is 1.03 bits per heavy atom. The first-order valence-corrected chi connectivity index (χ1v) is 10.2. The predicted octanol–water partition coefficient (Wildman–Crippen LogP) is 4.47. The molecule has 5 nitrogen and oxygen atoms in total. The summed E-state index contributed by atoms with van der Waals surface area (Å²) in [6.45, 7) is 0.486. The molecule has 0 aliphatic carbocycles. The van der Waals surface area contributed by atoms with Crippen LogP contribution in [-0.2, 0) is 0 Å². The zero-order valence-corrected chi connectivity index (χ0v) is 18.0. The van der Waals surface area contributed by atoms with Crippen LogP contribution in [0.25, 0.3) is 10.4 Å². The molecule has 2 aromatic carbocycles. The molecule has 1 N–H and O–H groups in total. The van der Waals surface area contributed by atoms with Gasteiger partial charge in [-0.3, -0.25) is 4.79 Å². The minimum absolute atomic E-state index is 0.0457. The topological polar surface area (TPSA) is 50.8 Å². The first kappa shape index (κ1) is 20.9. The zero-order chi connectivity index (χ0) is 20.8. The molecule has 1 aromatic heterocycles. The van der Waals surface area contributed by atoms with E-state index in [1.165, 1.54) is 11.3 Å². The summed E-state index contributed by atoms with van der Waals surface area (Å²) in [4.78, 5) is 16.6. The number of hydrogen-bond acceptors (Lipinski definition) is 5. The lowest BCUT2D eigenvalue weighted by Gasteiger charge is -2.25. The summed E-state index contributed by atoms with van der Waals surface area (Å²) in [5.74, 6) is 1.28. The lowest BCUT2D eigenvalue weighted by Crippen LogP contribution is -2.34. The van der Waals surface area contributed by atoms with Crippen molar-refractivity contribution < 1.29 is 14.3 Å². The minimum atomic E-state index is -0.130. The third-order valence-corrected chi connectivity index (χ3v) is 5.93. The smallest absolute Gasteiger partial charge is 0.265 e. The first-order valence-electron chi connectivity index (χ1n) is 9.35. The molecule has 0 saturated carbocycles. The van der Waals surface area contributed by atoms with Crippen LogP contribution in [0.3, 0.4) is 0 Å². The Morgan fingerprint density at radius 3 is 2.31 bits per heavy atom. The molecular weight excluding hydrogens is 384 g/mol. The monoisotopic (exact) mass is 410 g/mol. The van der Waals surface area contributed by atoms with Crippen LogP contribution < -0.4 is 14.8 Å². The fraction of sp³-hybridized carbons (Fsp3) is 0.261. The highest BCUT2D eigenvalue weighted by Crippen LogP contribution is 2.36. The third kappa shape index (κ3) is 4.96. The van der Waals surface area contributed by atoms with Crippen molar-refractivity contribution >= 4 is 17.2 Å². The highest BCUT2D eigenvalue weighted by Gasteiger charge is 2.20. The SMILES string of the molecule is COc1ccc(C(CNC(=O)c2sc(-c3ccccc3)cc2OC)N(C)C)cc1. The van der Waals surface area contributed by atoms with Gasteiger partial charge in [0.1, 0.15) is 16.4 Å². The Morgan fingerprint density at radius 2 is 1.72 bits per heavy atom. The van der Waals surface area contributed by atoms with E-state index in [1.54, 1.807) is 14.2 Å². The molecule has 6 heteroatoms. The van der Waals surface area contributed by atoms with Crippen LogP contribution >= 0.6 is 11.3 Å². The fourth-order valence-corrected chi connectivity index (χ4v) is 4.17. The Labute approximate surface area is 175 Å². The van der Waals surface area contributed by atoms with Crippen LogP contribution in [0.15, 0.2) is 60.7 Å². The number of ether oxygens (including phenoxy) is 2. The Bertz CT molecular complexity index is 937. The number of hydrogen-bond donors (Lipinski definition) is 1. The Kier molecular flexibility index (Phi) is 6.90. The van der Waals surface area contributed by atoms with Crippen LogP contribution in [0.5, 0.6) is 11.5 Å². The van der Waals surface area contributed by atoms with Crippen molar-refractivity contribution in [1.29, 1.82) is 0 Å². The minimum Gasteiger partial charge on any atom is -0.497 e. The van der Waals surface area contributed by atoms with E-state index in [0.717, 1.165) is 21.8 Å². The molecule has 0 spiro atoms. The molecule has 1 amide bonds. The summed E-state index contributed by atoms with van der Waals surface area (Å²) in [5.41, 5.74) is 2.18. The molecule has 0 aliphatic rings. The number of likely N-dealkylation sites (N-methyl/N-ethyl adjacent to an activating group) is 1. The molecule has 29 heavy (non-hydrogen) atoms. The van der Waals surface area contributed by atoms with Crippen LogP contribution in [0, 0.1) is 0 Å². The molecule has 3 aromatic rings. The van der Waals surface area contributed by atoms with Gasteiger partial charge < -0.3 is 19.7 Å². The maximum atomic E-state index is 12.9. The molecular formula is C23H26N2O3S. The van der Waals surface area contributed by atoms with E-state index in [1.807, 2.05) is 74.8 Å². The van der Waals surface area contributed by atoms with E-state index in [0.29, 0.717) is 17.2 Å². The van der Waals surface area contributed by atoms with Gasteiger partial charge in [-0.2, -0.15) is 0 Å². The van der Waals surface area contributed by atoms with Gasteiger partial charge in [0.15, 0.2) is 0 Å². The summed E-state index contributed by atoms with van der Waals surface area (Å²) < 4.78 is 10.7. The Hall–Kier alpha value is -2.83. The van der Waals surface area contributed by atoms with Crippen molar-refractivity contribution in [2.75, 3.05) is 34.9 Å². The number of rotatable bonds is 8. The van der Waals surface area contributed by atoms with Gasteiger partial charge in [-0.15, -0.1) is 11.3 Å². The maximum Gasteiger partial charge on any atom is 0.265 e. The number of nitrogens with one attached hydrogen (secondary N) is 1. The van der Waals surface area contributed by atoms with E-state index in [2.05, 4.69) is 10.2 Å². The second-order valence-electron chi connectivity index (χ2n) is 6.84. The average molecular weight is 411 g/mol. The van der Waals surface area contributed by atoms with E-state index >= 15 is 0 Å². The van der Waals surface area contributed by atoms with Crippen molar-refractivity contribution in [3.8, 4) is 21.9 Å². The van der Waals surface area contributed by atoms with Crippen LogP contribution in [0.2, 0.25) is 0 Å². The molecule has 3 rings (SSSR count). The number of carbonyl (C=O) groups is 1. The predicted molar refractivity (Wildman–Crippen MR) is 118 cm³/mol. The number of amides is 1. The molecule has 0 aliphatic heterocycles. The molecule has 0 radical (unpaired) electrons. The average Bonchev–Trinajstić information content (AvgIpc) is 3.19. The molecule has 1 atom stereocenters. The van der Waals surface area contributed by atoms with E-state index in [-0.39, 0.29) is 11.9 Å². The van der Waals surface area contributed by atoms with Crippen molar-refractivity contribution in [1.82, 2.24) is 10.2 Å². The highest BCUT2D eigenvalue weighted by molar-refractivity contribution is 7.17. The summed E-state index contributed by atoms with van der Waals surface area (Å²) in [6.07, 6.45) is 0. The molecule has 152 valence electrons. The van der Waals surface area contributed by atoms with E-state index in [9.17, 15) is 4.79 Å². The van der Waals surface area contributed by atoms with Gasteiger partial charge >= 0.3 is 0 Å². The van der Waals surface area contributed by atoms with Gasteiger partial charge in [0.05, 0.1) is 20.3 Å². The van der Waals surface area contributed by atoms with Gasteiger partial charge in [0.2, 0.25) is 0 Å². The molecule has 0 fully saturated rings. The van der Waals surface area contributed by atoms with Gasteiger partial charge in [0.25, 0.3) is 5.91 Å². The third-order valence-electron chi connectivity index (χ3n) is 4.76.